The maximum Gasteiger partial charge on any atom is 0.246 e. The number of aromatic amines is 1. The lowest BCUT2D eigenvalue weighted by Crippen LogP contribution is -2.33. The Balaban J connectivity index is 1.61. The quantitative estimate of drug-likeness (QED) is 0.600. The topological polar surface area (TPSA) is 101 Å². The number of H-pyrrole nitrogens is 1. The maximum absolute atomic E-state index is 12.0. The monoisotopic (exact) mass is 415 g/mol. The Labute approximate surface area is 172 Å². The maximum atomic E-state index is 12.0. The third-order valence-corrected chi connectivity index (χ3v) is 5.23. The first-order chi connectivity index (χ1) is 14.0. The van der Waals surface area contributed by atoms with Gasteiger partial charge >= 0.3 is 0 Å². The van der Waals surface area contributed by atoms with E-state index in [4.69, 9.17) is 16.3 Å². The molecule has 1 amide bonds. The smallest absolute Gasteiger partial charge is 0.246 e. The van der Waals surface area contributed by atoms with Crippen molar-refractivity contribution >= 4 is 40.2 Å². The Morgan fingerprint density at radius 3 is 3.07 bits per heavy atom. The lowest BCUT2D eigenvalue weighted by molar-refractivity contribution is -0.126. The second-order valence-corrected chi connectivity index (χ2v) is 7.35. The van der Waals surface area contributed by atoms with Crippen LogP contribution in [0.25, 0.3) is 11.0 Å². The van der Waals surface area contributed by atoms with Crippen molar-refractivity contribution in [1.29, 1.82) is 0 Å². The standard InChI is InChI=1S/C19H22ClN7O2/c1-4-15(28)27-10-13(6-11(27)3)29-18-16-14(20)8-21-17(16)24-19(25-18)23-12-7-22-26(5-2)9-12/h4,7-9,11,13H,1,5-6,10H2,2-3H3,(H2,21,23,24,25)/t11-,13+/m0/s1. The van der Waals surface area contributed by atoms with Crippen molar-refractivity contribution in [2.75, 3.05) is 11.9 Å². The van der Waals surface area contributed by atoms with Gasteiger partial charge in [0, 0.05) is 31.4 Å². The fourth-order valence-corrected chi connectivity index (χ4v) is 3.71. The molecule has 4 rings (SSSR count). The van der Waals surface area contributed by atoms with E-state index in [1.54, 1.807) is 22.0 Å². The van der Waals surface area contributed by atoms with Crippen LogP contribution in [0.5, 0.6) is 5.88 Å². The van der Waals surface area contributed by atoms with Gasteiger partial charge in [-0.25, -0.2) is 0 Å². The number of hydrogen-bond donors (Lipinski definition) is 2. The first kappa shape index (κ1) is 19.3. The highest BCUT2D eigenvalue weighted by atomic mass is 35.5. The van der Waals surface area contributed by atoms with Crippen molar-refractivity contribution in [2.45, 2.75) is 39.0 Å². The van der Waals surface area contributed by atoms with Crippen LogP contribution in [-0.2, 0) is 11.3 Å². The van der Waals surface area contributed by atoms with Crippen LogP contribution in [0.2, 0.25) is 5.02 Å². The number of aryl methyl sites for hydroxylation is 1. The summed E-state index contributed by atoms with van der Waals surface area (Å²) in [6.07, 6.45) is 7.04. The normalized spacial score (nSPS) is 18.9. The van der Waals surface area contributed by atoms with E-state index < -0.39 is 0 Å². The SMILES string of the molecule is C=CC(=O)N1C[C@H](Oc2nc(Nc3cnn(CC)c3)nc3[nH]cc(Cl)c23)C[C@@H]1C. The molecule has 0 bridgehead atoms. The molecule has 4 heterocycles. The highest BCUT2D eigenvalue weighted by Gasteiger charge is 2.33. The van der Waals surface area contributed by atoms with Crippen LogP contribution in [-0.4, -0.2) is 54.2 Å². The fraction of sp³-hybridized carbons (Fsp3) is 0.368. The molecule has 0 spiro atoms. The number of halogens is 1. The van der Waals surface area contributed by atoms with Crippen LogP contribution >= 0.6 is 11.6 Å². The second kappa shape index (κ2) is 7.75. The Kier molecular flexibility index (Phi) is 5.14. The highest BCUT2D eigenvalue weighted by molar-refractivity contribution is 6.35. The summed E-state index contributed by atoms with van der Waals surface area (Å²) < 4.78 is 7.98. The van der Waals surface area contributed by atoms with Gasteiger partial charge in [0.15, 0.2) is 0 Å². The third kappa shape index (κ3) is 3.77. The number of ether oxygens (including phenoxy) is 1. The van der Waals surface area contributed by atoms with Crippen molar-refractivity contribution in [1.82, 2.24) is 29.6 Å². The largest absolute Gasteiger partial charge is 0.472 e. The van der Waals surface area contributed by atoms with Crippen molar-refractivity contribution in [3.8, 4) is 5.88 Å². The summed E-state index contributed by atoms with van der Waals surface area (Å²) in [6.45, 7) is 8.79. The number of aromatic nitrogens is 5. The molecule has 0 unspecified atom stereocenters. The molecule has 1 saturated heterocycles. The van der Waals surface area contributed by atoms with E-state index >= 15 is 0 Å². The van der Waals surface area contributed by atoms with E-state index in [2.05, 4.69) is 31.9 Å². The predicted molar refractivity (Wildman–Crippen MR) is 110 cm³/mol. The van der Waals surface area contributed by atoms with Gasteiger partial charge in [0.25, 0.3) is 0 Å². The molecule has 0 aliphatic carbocycles. The number of nitrogens with zero attached hydrogens (tertiary/aromatic N) is 5. The third-order valence-electron chi connectivity index (χ3n) is 4.94. The summed E-state index contributed by atoms with van der Waals surface area (Å²) in [5.74, 6) is 0.634. The fourth-order valence-electron chi connectivity index (χ4n) is 3.48. The van der Waals surface area contributed by atoms with Gasteiger partial charge in [-0.05, 0) is 19.9 Å². The lowest BCUT2D eigenvalue weighted by atomic mass is 10.2. The second-order valence-electron chi connectivity index (χ2n) is 6.94. The molecule has 1 aliphatic rings. The Hall–Kier alpha value is -3.07. The molecular weight excluding hydrogens is 394 g/mol. The number of likely N-dealkylation sites (tertiary alicyclic amines) is 1. The first-order valence-electron chi connectivity index (χ1n) is 9.42. The van der Waals surface area contributed by atoms with Crippen LogP contribution in [0.1, 0.15) is 20.3 Å². The minimum Gasteiger partial charge on any atom is -0.472 e. The number of nitrogens with one attached hydrogen (secondary N) is 2. The molecule has 0 saturated carbocycles. The summed E-state index contributed by atoms with van der Waals surface area (Å²) >= 11 is 6.33. The number of amides is 1. The van der Waals surface area contributed by atoms with Crippen molar-refractivity contribution in [2.24, 2.45) is 0 Å². The Bertz CT molecular complexity index is 1060. The highest BCUT2D eigenvalue weighted by Crippen LogP contribution is 2.33. The van der Waals surface area contributed by atoms with Gasteiger partial charge in [-0.3, -0.25) is 9.48 Å². The van der Waals surface area contributed by atoms with Crippen LogP contribution in [0.4, 0.5) is 11.6 Å². The zero-order chi connectivity index (χ0) is 20.5. The van der Waals surface area contributed by atoms with Gasteiger partial charge in [0.2, 0.25) is 17.7 Å². The van der Waals surface area contributed by atoms with E-state index in [1.807, 2.05) is 20.0 Å². The molecule has 0 radical (unpaired) electrons. The van der Waals surface area contributed by atoms with Gasteiger partial charge < -0.3 is 19.9 Å². The molecule has 1 fully saturated rings. The molecule has 0 aromatic carbocycles. The van der Waals surface area contributed by atoms with Crippen LogP contribution in [0, 0.1) is 0 Å². The number of fused-ring (bicyclic) bond motifs is 1. The van der Waals surface area contributed by atoms with Gasteiger partial charge in [0.1, 0.15) is 11.8 Å². The summed E-state index contributed by atoms with van der Waals surface area (Å²) in [5, 5.41) is 8.47. The van der Waals surface area contributed by atoms with E-state index in [-0.39, 0.29) is 18.1 Å². The van der Waals surface area contributed by atoms with Gasteiger partial charge in [-0.2, -0.15) is 15.1 Å². The van der Waals surface area contributed by atoms with E-state index in [0.717, 1.165) is 12.2 Å². The van der Waals surface area contributed by atoms with Crippen molar-refractivity contribution in [3.63, 3.8) is 0 Å². The molecule has 152 valence electrons. The molecule has 2 N–H and O–H groups in total. The van der Waals surface area contributed by atoms with Gasteiger partial charge in [-0.15, -0.1) is 0 Å². The number of rotatable bonds is 6. The Morgan fingerprint density at radius 1 is 1.52 bits per heavy atom. The number of hydrogen-bond acceptors (Lipinski definition) is 6. The summed E-state index contributed by atoms with van der Waals surface area (Å²) in [4.78, 5) is 25.8. The zero-order valence-electron chi connectivity index (χ0n) is 16.2. The van der Waals surface area contributed by atoms with Crippen molar-refractivity contribution in [3.05, 3.63) is 36.3 Å². The predicted octanol–water partition coefficient (Wildman–Crippen LogP) is 3.13. The van der Waals surface area contributed by atoms with Crippen LogP contribution < -0.4 is 10.1 Å². The molecule has 1 aliphatic heterocycles. The lowest BCUT2D eigenvalue weighted by Gasteiger charge is -2.19. The van der Waals surface area contributed by atoms with E-state index in [1.165, 1.54) is 6.08 Å². The number of anilines is 2. The molecule has 2 atom stereocenters. The molecule has 3 aromatic heterocycles. The average molecular weight is 416 g/mol. The molecule has 3 aromatic rings. The summed E-state index contributed by atoms with van der Waals surface area (Å²) in [5.41, 5.74) is 1.34. The van der Waals surface area contributed by atoms with Gasteiger partial charge in [0.05, 0.1) is 28.8 Å². The minimum atomic E-state index is -0.200. The van der Waals surface area contributed by atoms with E-state index in [9.17, 15) is 4.79 Å². The summed E-state index contributed by atoms with van der Waals surface area (Å²) in [7, 11) is 0. The molecule has 9 nitrogen and oxygen atoms in total. The van der Waals surface area contributed by atoms with Crippen LogP contribution in [0.3, 0.4) is 0 Å². The summed E-state index contributed by atoms with van der Waals surface area (Å²) in [6, 6.07) is 0.0574. The number of carbonyl (C=O) groups excluding carboxylic acids is 1. The van der Waals surface area contributed by atoms with E-state index in [0.29, 0.717) is 40.8 Å². The Morgan fingerprint density at radius 2 is 2.34 bits per heavy atom. The first-order valence-corrected chi connectivity index (χ1v) is 9.80. The molecule has 10 heteroatoms. The van der Waals surface area contributed by atoms with Gasteiger partial charge in [-0.1, -0.05) is 18.2 Å². The average Bonchev–Trinajstić information content (AvgIpc) is 3.40. The zero-order valence-corrected chi connectivity index (χ0v) is 17.0. The molecule has 29 heavy (non-hydrogen) atoms. The number of carbonyl (C=O) groups is 1. The minimum absolute atomic E-state index is 0.0574. The molecular formula is C19H22ClN7O2. The van der Waals surface area contributed by atoms with Crippen LogP contribution in [0.15, 0.2) is 31.2 Å². The van der Waals surface area contributed by atoms with Crippen molar-refractivity contribution < 1.29 is 9.53 Å².